The number of anilines is 1. The number of amides is 2. The minimum Gasteiger partial charge on any atom is -0.391 e. The Morgan fingerprint density at radius 3 is 2.67 bits per heavy atom. The standard InChI is InChI=1S/C17H25N3O3S/c1-11-3-5-14(6-4-11)20-16(22)10-24-12(2)17(23)19-8-13-7-18-9-15(13)21/h3-6,12-13,15,18,21H,7-10H2,1-2H3,(H,19,23)(H,20,22). The predicted octanol–water partition coefficient (Wildman–Crippen LogP) is 0.752. The maximum Gasteiger partial charge on any atom is 0.234 e. The zero-order valence-electron chi connectivity index (χ0n) is 14.0. The maximum atomic E-state index is 12.0. The Kier molecular flexibility index (Phi) is 7.08. The number of aliphatic hydroxyl groups is 1. The number of benzene rings is 1. The van der Waals surface area contributed by atoms with Gasteiger partial charge in [0.1, 0.15) is 0 Å². The van der Waals surface area contributed by atoms with Crippen LogP contribution in [-0.4, -0.2) is 53.7 Å². The molecule has 0 bridgehead atoms. The van der Waals surface area contributed by atoms with Crippen LogP contribution in [0.5, 0.6) is 0 Å². The fourth-order valence-electron chi connectivity index (χ4n) is 2.41. The predicted molar refractivity (Wildman–Crippen MR) is 97.1 cm³/mol. The van der Waals surface area contributed by atoms with Gasteiger partial charge in [0.25, 0.3) is 0 Å². The van der Waals surface area contributed by atoms with Gasteiger partial charge in [-0.25, -0.2) is 0 Å². The van der Waals surface area contributed by atoms with Crippen LogP contribution in [0, 0.1) is 12.8 Å². The molecule has 4 N–H and O–H groups in total. The first kappa shape index (κ1) is 18.8. The molecule has 0 aliphatic carbocycles. The summed E-state index contributed by atoms with van der Waals surface area (Å²) in [5.74, 6) is 0.0351. The lowest BCUT2D eigenvalue weighted by Crippen LogP contribution is -2.38. The van der Waals surface area contributed by atoms with Gasteiger partial charge in [-0.15, -0.1) is 11.8 Å². The lowest BCUT2D eigenvalue weighted by Gasteiger charge is -2.16. The molecule has 1 saturated heterocycles. The molecule has 1 aromatic rings. The highest BCUT2D eigenvalue weighted by atomic mass is 32.2. The van der Waals surface area contributed by atoms with Crippen molar-refractivity contribution >= 4 is 29.3 Å². The van der Waals surface area contributed by atoms with E-state index in [1.165, 1.54) is 11.8 Å². The molecule has 0 saturated carbocycles. The number of rotatable bonds is 7. The van der Waals surface area contributed by atoms with Crippen LogP contribution in [0.15, 0.2) is 24.3 Å². The Hall–Kier alpha value is -1.57. The van der Waals surface area contributed by atoms with Crippen molar-refractivity contribution in [1.29, 1.82) is 0 Å². The molecule has 0 spiro atoms. The van der Waals surface area contributed by atoms with Crippen LogP contribution in [0.25, 0.3) is 0 Å². The summed E-state index contributed by atoms with van der Waals surface area (Å²) in [5, 5.41) is 18.1. The summed E-state index contributed by atoms with van der Waals surface area (Å²) < 4.78 is 0. The molecule has 3 atom stereocenters. The minimum absolute atomic E-state index is 0.0518. The lowest BCUT2D eigenvalue weighted by atomic mass is 10.1. The molecule has 1 aliphatic rings. The number of carbonyl (C=O) groups is 2. The molecule has 2 rings (SSSR count). The fourth-order valence-corrected chi connectivity index (χ4v) is 3.12. The third-order valence-corrected chi connectivity index (χ3v) is 5.15. The smallest absolute Gasteiger partial charge is 0.234 e. The molecule has 132 valence electrons. The van der Waals surface area contributed by atoms with Crippen LogP contribution in [-0.2, 0) is 9.59 Å². The summed E-state index contributed by atoms with van der Waals surface area (Å²) in [5.41, 5.74) is 1.89. The van der Waals surface area contributed by atoms with Crippen LogP contribution >= 0.6 is 11.8 Å². The van der Waals surface area contributed by atoms with Crippen LogP contribution < -0.4 is 16.0 Å². The fraction of sp³-hybridized carbons (Fsp3) is 0.529. The van der Waals surface area contributed by atoms with Crippen LogP contribution in [0.4, 0.5) is 5.69 Å². The molecular weight excluding hydrogens is 326 g/mol. The number of aryl methyl sites for hydroxylation is 1. The largest absolute Gasteiger partial charge is 0.391 e. The van der Waals surface area contributed by atoms with E-state index in [-0.39, 0.29) is 28.7 Å². The van der Waals surface area contributed by atoms with E-state index in [9.17, 15) is 14.7 Å². The molecule has 1 heterocycles. The van der Waals surface area contributed by atoms with Gasteiger partial charge in [-0.05, 0) is 26.0 Å². The van der Waals surface area contributed by atoms with Gasteiger partial charge in [0.15, 0.2) is 0 Å². The molecule has 0 aromatic heterocycles. The van der Waals surface area contributed by atoms with Crippen molar-refractivity contribution in [2.24, 2.45) is 5.92 Å². The van der Waals surface area contributed by atoms with E-state index in [0.29, 0.717) is 19.6 Å². The second kappa shape index (κ2) is 9.05. The SMILES string of the molecule is Cc1ccc(NC(=O)CSC(C)C(=O)NCC2CNCC2O)cc1. The van der Waals surface area contributed by atoms with Gasteiger partial charge in [0, 0.05) is 31.2 Å². The van der Waals surface area contributed by atoms with Crippen molar-refractivity contribution in [2.75, 3.05) is 30.7 Å². The van der Waals surface area contributed by atoms with Gasteiger partial charge in [-0.1, -0.05) is 17.7 Å². The molecule has 1 aromatic carbocycles. The van der Waals surface area contributed by atoms with Crippen LogP contribution in [0.3, 0.4) is 0 Å². The lowest BCUT2D eigenvalue weighted by molar-refractivity contribution is -0.120. The van der Waals surface area contributed by atoms with E-state index >= 15 is 0 Å². The van der Waals surface area contributed by atoms with E-state index in [4.69, 9.17) is 0 Å². The Bertz CT molecular complexity index is 565. The third kappa shape index (κ3) is 5.81. The molecule has 24 heavy (non-hydrogen) atoms. The first-order valence-electron chi connectivity index (χ1n) is 8.10. The Morgan fingerprint density at radius 2 is 2.04 bits per heavy atom. The number of nitrogens with one attached hydrogen (secondary N) is 3. The zero-order chi connectivity index (χ0) is 17.5. The van der Waals surface area contributed by atoms with Crippen molar-refractivity contribution in [3.8, 4) is 0 Å². The first-order chi connectivity index (χ1) is 11.5. The normalized spacial score (nSPS) is 21.3. The first-order valence-corrected chi connectivity index (χ1v) is 9.15. The molecule has 1 aliphatic heterocycles. The molecule has 1 fully saturated rings. The summed E-state index contributed by atoms with van der Waals surface area (Å²) in [7, 11) is 0. The average molecular weight is 351 g/mol. The van der Waals surface area contributed by atoms with E-state index in [2.05, 4.69) is 16.0 Å². The number of hydrogen-bond donors (Lipinski definition) is 4. The Labute approximate surface area is 146 Å². The number of thioether (sulfide) groups is 1. The molecule has 0 radical (unpaired) electrons. The van der Waals surface area contributed by atoms with Crippen molar-refractivity contribution in [3.05, 3.63) is 29.8 Å². The van der Waals surface area contributed by atoms with E-state index in [1.54, 1.807) is 6.92 Å². The van der Waals surface area contributed by atoms with Gasteiger partial charge in [0.2, 0.25) is 11.8 Å². The summed E-state index contributed by atoms with van der Waals surface area (Å²) >= 11 is 1.30. The van der Waals surface area contributed by atoms with E-state index in [1.807, 2.05) is 31.2 Å². The summed E-state index contributed by atoms with van der Waals surface area (Å²) in [4.78, 5) is 24.0. The highest BCUT2D eigenvalue weighted by Crippen LogP contribution is 2.14. The monoisotopic (exact) mass is 351 g/mol. The second-order valence-electron chi connectivity index (χ2n) is 6.10. The highest BCUT2D eigenvalue weighted by Gasteiger charge is 2.26. The Morgan fingerprint density at radius 1 is 1.33 bits per heavy atom. The highest BCUT2D eigenvalue weighted by molar-refractivity contribution is 8.01. The summed E-state index contributed by atoms with van der Waals surface area (Å²) in [6.07, 6.45) is -0.409. The molecule has 3 unspecified atom stereocenters. The quantitative estimate of drug-likeness (QED) is 0.582. The molecule has 6 nitrogen and oxygen atoms in total. The van der Waals surface area contributed by atoms with Crippen LogP contribution in [0.1, 0.15) is 12.5 Å². The summed E-state index contributed by atoms with van der Waals surface area (Å²) in [6.45, 7) is 5.50. The van der Waals surface area contributed by atoms with Crippen molar-refractivity contribution < 1.29 is 14.7 Å². The van der Waals surface area contributed by atoms with Crippen molar-refractivity contribution in [1.82, 2.24) is 10.6 Å². The third-order valence-electron chi connectivity index (χ3n) is 4.01. The van der Waals surface area contributed by atoms with Crippen molar-refractivity contribution in [3.63, 3.8) is 0 Å². The number of β-amino-alcohol motifs (C(OH)–C–C–N with tert-alkyl or cyclic N) is 1. The van der Waals surface area contributed by atoms with Crippen LogP contribution in [0.2, 0.25) is 0 Å². The topological polar surface area (TPSA) is 90.5 Å². The van der Waals surface area contributed by atoms with Gasteiger partial charge in [0.05, 0.1) is 17.1 Å². The maximum absolute atomic E-state index is 12.0. The molecule has 2 amide bonds. The number of aliphatic hydroxyl groups excluding tert-OH is 1. The van der Waals surface area contributed by atoms with Gasteiger partial charge in [-0.2, -0.15) is 0 Å². The van der Waals surface area contributed by atoms with Gasteiger partial charge in [-0.3, -0.25) is 9.59 Å². The number of hydrogen-bond acceptors (Lipinski definition) is 5. The van der Waals surface area contributed by atoms with Gasteiger partial charge < -0.3 is 21.1 Å². The van der Waals surface area contributed by atoms with E-state index < -0.39 is 6.10 Å². The zero-order valence-corrected chi connectivity index (χ0v) is 14.9. The molecule has 7 heteroatoms. The second-order valence-corrected chi connectivity index (χ2v) is 7.43. The van der Waals surface area contributed by atoms with E-state index in [0.717, 1.165) is 11.3 Å². The minimum atomic E-state index is -0.409. The molecular formula is C17H25N3O3S. The van der Waals surface area contributed by atoms with Gasteiger partial charge >= 0.3 is 0 Å². The van der Waals surface area contributed by atoms with Crippen molar-refractivity contribution in [2.45, 2.75) is 25.2 Å². The average Bonchev–Trinajstić information content (AvgIpc) is 2.97. The summed E-state index contributed by atoms with van der Waals surface area (Å²) in [6, 6.07) is 7.58. The number of carbonyl (C=O) groups excluding carboxylic acids is 2. The Balaban J connectivity index is 1.67.